The molecule has 3 nitrogen and oxygen atoms in total. The van der Waals surface area contributed by atoms with Gasteiger partial charge in [0.25, 0.3) is 0 Å². The molecule has 1 rings (SSSR count). The maximum Gasteiger partial charge on any atom is 0.123 e. The van der Waals surface area contributed by atoms with Crippen molar-refractivity contribution in [1.29, 1.82) is 0 Å². The number of ether oxygens (including phenoxy) is 1. The van der Waals surface area contributed by atoms with E-state index >= 15 is 0 Å². The Morgan fingerprint density at radius 1 is 1.41 bits per heavy atom. The highest BCUT2D eigenvalue weighted by Crippen LogP contribution is 2.22. The zero-order chi connectivity index (χ0) is 12.9. The Morgan fingerprint density at radius 2 is 2.12 bits per heavy atom. The molecule has 0 aliphatic heterocycles. The van der Waals surface area contributed by atoms with Gasteiger partial charge in [-0.25, -0.2) is 0 Å². The normalized spacial score (nSPS) is 11.6. The predicted octanol–water partition coefficient (Wildman–Crippen LogP) is 2.57. The Kier molecular flexibility index (Phi) is 5.25. The van der Waals surface area contributed by atoms with Crippen LogP contribution in [-0.2, 0) is 6.54 Å². The molecule has 1 aromatic rings. The van der Waals surface area contributed by atoms with Crippen LogP contribution in [0.1, 0.15) is 25.8 Å². The highest BCUT2D eigenvalue weighted by Gasteiger charge is 2.09. The minimum absolute atomic E-state index is 0.134. The molecule has 0 aliphatic carbocycles. The lowest BCUT2D eigenvalue weighted by Gasteiger charge is -2.18. The van der Waals surface area contributed by atoms with Crippen LogP contribution >= 0.6 is 11.6 Å². The van der Waals surface area contributed by atoms with Gasteiger partial charge in [0.05, 0.1) is 7.11 Å². The van der Waals surface area contributed by atoms with Crippen molar-refractivity contribution in [3.63, 3.8) is 0 Å². The third kappa shape index (κ3) is 5.39. The minimum atomic E-state index is -0.134. The van der Waals surface area contributed by atoms with E-state index in [0.29, 0.717) is 0 Å². The van der Waals surface area contributed by atoms with Crippen LogP contribution in [-0.4, -0.2) is 19.2 Å². The van der Waals surface area contributed by atoms with Gasteiger partial charge in [-0.3, -0.25) is 0 Å². The average Bonchev–Trinajstić information content (AvgIpc) is 2.23. The number of halogens is 1. The second kappa shape index (κ2) is 6.24. The van der Waals surface area contributed by atoms with Crippen molar-refractivity contribution in [2.24, 2.45) is 5.73 Å². The van der Waals surface area contributed by atoms with E-state index in [1.165, 1.54) is 0 Å². The van der Waals surface area contributed by atoms with E-state index in [1.807, 2.05) is 32.0 Å². The fraction of sp³-hybridized carbons (Fsp3) is 0.538. The van der Waals surface area contributed by atoms with Gasteiger partial charge in [-0.1, -0.05) is 11.6 Å². The van der Waals surface area contributed by atoms with Gasteiger partial charge in [0.1, 0.15) is 5.75 Å². The first-order valence-electron chi connectivity index (χ1n) is 5.74. The molecule has 0 amide bonds. The van der Waals surface area contributed by atoms with E-state index in [9.17, 15) is 0 Å². The number of nitrogens with two attached hydrogens (primary N) is 1. The van der Waals surface area contributed by atoms with Crippen molar-refractivity contribution in [2.45, 2.75) is 32.4 Å². The molecule has 0 saturated carbocycles. The molecule has 0 saturated heterocycles. The molecule has 3 N–H and O–H groups in total. The molecule has 0 unspecified atom stereocenters. The summed E-state index contributed by atoms with van der Waals surface area (Å²) in [5, 5.41) is 4.07. The van der Waals surface area contributed by atoms with E-state index in [4.69, 9.17) is 22.1 Å². The topological polar surface area (TPSA) is 47.3 Å². The van der Waals surface area contributed by atoms with Gasteiger partial charge in [-0.15, -0.1) is 0 Å². The lowest BCUT2D eigenvalue weighted by atomic mass is 10.0. The Hall–Kier alpha value is -0.770. The Balaban J connectivity index is 2.48. The summed E-state index contributed by atoms with van der Waals surface area (Å²) < 4.78 is 5.27. The van der Waals surface area contributed by atoms with E-state index in [0.717, 1.165) is 35.8 Å². The summed E-state index contributed by atoms with van der Waals surface area (Å²) in [4.78, 5) is 0. The number of nitrogens with one attached hydrogen (secondary N) is 1. The average molecular weight is 257 g/mol. The van der Waals surface area contributed by atoms with Gasteiger partial charge in [0, 0.05) is 22.7 Å². The van der Waals surface area contributed by atoms with Gasteiger partial charge in [0.2, 0.25) is 0 Å². The molecular weight excluding hydrogens is 236 g/mol. The van der Waals surface area contributed by atoms with E-state index < -0.39 is 0 Å². The smallest absolute Gasteiger partial charge is 0.123 e. The van der Waals surface area contributed by atoms with Crippen molar-refractivity contribution in [2.75, 3.05) is 13.7 Å². The molecule has 0 aliphatic rings. The van der Waals surface area contributed by atoms with Crippen molar-refractivity contribution < 1.29 is 4.74 Å². The van der Waals surface area contributed by atoms with Crippen LogP contribution in [0.2, 0.25) is 5.02 Å². The molecular formula is C13H21ClN2O. The second-order valence-electron chi connectivity index (χ2n) is 4.87. The number of rotatable bonds is 6. The third-order valence-corrected chi connectivity index (χ3v) is 2.74. The molecule has 17 heavy (non-hydrogen) atoms. The van der Waals surface area contributed by atoms with Crippen LogP contribution in [0.3, 0.4) is 0 Å². The fourth-order valence-electron chi connectivity index (χ4n) is 1.52. The third-order valence-electron chi connectivity index (χ3n) is 2.50. The van der Waals surface area contributed by atoms with Gasteiger partial charge in [-0.05, 0) is 45.0 Å². The molecule has 0 heterocycles. The lowest BCUT2D eigenvalue weighted by molar-refractivity contribution is 0.405. The zero-order valence-corrected chi connectivity index (χ0v) is 11.5. The molecule has 0 atom stereocenters. The van der Waals surface area contributed by atoms with Gasteiger partial charge < -0.3 is 15.8 Å². The van der Waals surface area contributed by atoms with Crippen LogP contribution in [0.15, 0.2) is 18.2 Å². The summed E-state index contributed by atoms with van der Waals surface area (Å²) in [5.74, 6) is 0.855. The van der Waals surface area contributed by atoms with Crippen molar-refractivity contribution in [1.82, 2.24) is 5.32 Å². The van der Waals surface area contributed by atoms with Crippen molar-refractivity contribution in [3.8, 4) is 5.75 Å². The summed E-state index contributed by atoms with van der Waals surface area (Å²) in [6.45, 7) is 5.66. The van der Waals surface area contributed by atoms with Crippen molar-refractivity contribution in [3.05, 3.63) is 28.8 Å². The van der Waals surface area contributed by atoms with Crippen LogP contribution in [0, 0.1) is 0 Å². The summed E-state index contributed by atoms with van der Waals surface area (Å²) >= 11 is 5.96. The maximum atomic E-state index is 5.96. The SMILES string of the molecule is COc1ccc(Cl)cc1CNCCC(C)(C)N. The predicted molar refractivity (Wildman–Crippen MR) is 72.6 cm³/mol. The van der Waals surface area contributed by atoms with Crippen LogP contribution in [0.5, 0.6) is 5.75 Å². The molecule has 0 spiro atoms. The summed E-state index contributed by atoms with van der Waals surface area (Å²) in [5.41, 5.74) is 6.84. The Morgan fingerprint density at radius 3 is 2.71 bits per heavy atom. The molecule has 0 radical (unpaired) electrons. The Bertz CT molecular complexity index is 361. The molecule has 0 aromatic heterocycles. The number of methoxy groups -OCH3 is 1. The number of benzene rings is 1. The number of hydrogen-bond donors (Lipinski definition) is 2. The van der Waals surface area contributed by atoms with E-state index in [-0.39, 0.29) is 5.54 Å². The summed E-state index contributed by atoms with van der Waals surface area (Å²) in [6.07, 6.45) is 0.926. The fourth-order valence-corrected chi connectivity index (χ4v) is 1.71. The minimum Gasteiger partial charge on any atom is -0.496 e. The quantitative estimate of drug-likeness (QED) is 0.769. The number of hydrogen-bond acceptors (Lipinski definition) is 3. The van der Waals surface area contributed by atoms with E-state index in [1.54, 1.807) is 7.11 Å². The molecule has 0 fully saturated rings. The van der Waals surface area contributed by atoms with Crippen LogP contribution < -0.4 is 15.8 Å². The second-order valence-corrected chi connectivity index (χ2v) is 5.31. The van der Waals surface area contributed by atoms with E-state index in [2.05, 4.69) is 5.32 Å². The largest absolute Gasteiger partial charge is 0.496 e. The molecule has 96 valence electrons. The molecule has 1 aromatic carbocycles. The Labute approximate surface area is 108 Å². The van der Waals surface area contributed by atoms with Gasteiger partial charge in [0.15, 0.2) is 0 Å². The van der Waals surface area contributed by atoms with Gasteiger partial charge >= 0.3 is 0 Å². The van der Waals surface area contributed by atoms with Crippen molar-refractivity contribution >= 4 is 11.6 Å². The molecule has 0 bridgehead atoms. The first-order chi connectivity index (χ1) is 7.92. The molecule has 4 heteroatoms. The maximum absolute atomic E-state index is 5.96. The lowest BCUT2D eigenvalue weighted by Crippen LogP contribution is -2.35. The monoisotopic (exact) mass is 256 g/mol. The first-order valence-corrected chi connectivity index (χ1v) is 6.12. The van der Waals surface area contributed by atoms with Crippen LogP contribution in [0.4, 0.5) is 0 Å². The highest BCUT2D eigenvalue weighted by atomic mass is 35.5. The van der Waals surface area contributed by atoms with Crippen LogP contribution in [0.25, 0.3) is 0 Å². The summed E-state index contributed by atoms with van der Waals surface area (Å²) in [7, 11) is 1.66. The summed E-state index contributed by atoms with van der Waals surface area (Å²) in [6, 6.07) is 5.63. The first kappa shape index (κ1) is 14.3. The highest BCUT2D eigenvalue weighted by molar-refractivity contribution is 6.30. The van der Waals surface area contributed by atoms with Gasteiger partial charge in [-0.2, -0.15) is 0 Å². The standard InChI is InChI=1S/C13H21ClN2O/c1-13(2,15)6-7-16-9-10-8-11(14)4-5-12(10)17-3/h4-5,8,16H,6-7,9,15H2,1-3H3. The zero-order valence-electron chi connectivity index (χ0n) is 10.7.